The Balaban J connectivity index is 1.44. The molecule has 0 unspecified atom stereocenters. The number of anilines is 4. The van der Waals surface area contributed by atoms with Gasteiger partial charge >= 0.3 is 0 Å². The zero-order valence-electron chi connectivity index (χ0n) is 20.4. The Kier molecular flexibility index (Phi) is 6.68. The number of rotatable bonds is 9. The van der Waals surface area contributed by atoms with E-state index in [0.29, 0.717) is 30.5 Å². The molecular formula is C26H30N8O2. The van der Waals surface area contributed by atoms with Gasteiger partial charge in [-0.25, -0.2) is 4.68 Å². The molecule has 0 radical (unpaired) electrons. The molecule has 0 atom stereocenters. The molecule has 0 spiro atoms. The van der Waals surface area contributed by atoms with Gasteiger partial charge in [0.2, 0.25) is 17.8 Å². The first kappa shape index (κ1) is 23.6. The highest BCUT2D eigenvalue weighted by Gasteiger charge is 2.23. The van der Waals surface area contributed by atoms with Gasteiger partial charge in [-0.3, -0.25) is 9.48 Å². The highest BCUT2D eigenvalue weighted by atomic mass is 16.3. The SMILES string of the molecule is Cc1c(Nc2nc(NCCCO)nc(NC3Cc4ccccc4C3)n2)c(=O)n(-c2ccccc2)n1C. The predicted molar refractivity (Wildman–Crippen MR) is 140 cm³/mol. The Morgan fingerprint density at radius 2 is 1.58 bits per heavy atom. The summed E-state index contributed by atoms with van der Waals surface area (Å²) in [5, 5.41) is 18.9. The fourth-order valence-corrected chi connectivity index (χ4v) is 4.52. The molecule has 0 amide bonds. The first-order valence-electron chi connectivity index (χ1n) is 12.1. The Bertz CT molecular complexity index is 1390. The number of benzene rings is 2. The van der Waals surface area contributed by atoms with E-state index in [0.717, 1.165) is 24.2 Å². The molecular weight excluding hydrogens is 456 g/mol. The molecule has 1 aliphatic rings. The first-order chi connectivity index (χ1) is 17.5. The molecule has 0 bridgehead atoms. The summed E-state index contributed by atoms with van der Waals surface area (Å²) in [7, 11) is 1.84. The molecule has 0 saturated heterocycles. The van der Waals surface area contributed by atoms with E-state index in [9.17, 15) is 4.79 Å². The lowest BCUT2D eigenvalue weighted by molar-refractivity contribution is 0.292. The van der Waals surface area contributed by atoms with Crippen LogP contribution >= 0.6 is 0 Å². The average Bonchev–Trinajstić information content (AvgIpc) is 3.38. The van der Waals surface area contributed by atoms with E-state index in [-0.39, 0.29) is 24.2 Å². The van der Waals surface area contributed by atoms with Crippen LogP contribution in [0.15, 0.2) is 59.4 Å². The van der Waals surface area contributed by atoms with E-state index in [2.05, 4.69) is 55.2 Å². The normalized spacial score (nSPS) is 13.0. The van der Waals surface area contributed by atoms with Gasteiger partial charge < -0.3 is 21.1 Å². The molecule has 2 heterocycles. The van der Waals surface area contributed by atoms with Crippen molar-refractivity contribution < 1.29 is 5.11 Å². The largest absolute Gasteiger partial charge is 0.396 e. The molecule has 4 aromatic rings. The number of nitrogens with zero attached hydrogens (tertiary/aromatic N) is 5. The third-order valence-electron chi connectivity index (χ3n) is 6.43. The molecule has 4 N–H and O–H groups in total. The topological polar surface area (TPSA) is 122 Å². The van der Waals surface area contributed by atoms with Gasteiger partial charge in [0.05, 0.1) is 11.4 Å². The van der Waals surface area contributed by atoms with Crippen LogP contribution < -0.4 is 21.5 Å². The third kappa shape index (κ3) is 4.80. The van der Waals surface area contributed by atoms with Gasteiger partial charge in [0, 0.05) is 26.2 Å². The van der Waals surface area contributed by atoms with Gasteiger partial charge in [-0.1, -0.05) is 42.5 Å². The molecule has 2 aromatic carbocycles. The Morgan fingerprint density at radius 3 is 2.28 bits per heavy atom. The number of aliphatic hydroxyl groups excluding tert-OH is 1. The third-order valence-corrected chi connectivity index (χ3v) is 6.43. The van der Waals surface area contributed by atoms with Crippen LogP contribution in [0.2, 0.25) is 0 Å². The van der Waals surface area contributed by atoms with Crippen LogP contribution in [0.4, 0.5) is 23.5 Å². The second-order valence-corrected chi connectivity index (χ2v) is 8.89. The lowest BCUT2D eigenvalue weighted by Gasteiger charge is -2.14. The highest BCUT2D eigenvalue weighted by molar-refractivity contribution is 5.58. The van der Waals surface area contributed by atoms with E-state index in [4.69, 9.17) is 5.11 Å². The number of hydrogen-bond donors (Lipinski definition) is 4. The lowest BCUT2D eigenvalue weighted by Crippen LogP contribution is -2.23. The number of hydrogen-bond acceptors (Lipinski definition) is 8. The molecule has 0 aliphatic heterocycles. The minimum Gasteiger partial charge on any atom is -0.396 e. The van der Waals surface area contributed by atoms with Crippen LogP contribution in [0.3, 0.4) is 0 Å². The second-order valence-electron chi connectivity index (χ2n) is 8.89. The van der Waals surface area contributed by atoms with Crippen LogP contribution in [0.1, 0.15) is 23.2 Å². The monoisotopic (exact) mass is 486 g/mol. The quantitative estimate of drug-likeness (QED) is 0.267. The van der Waals surface area contributed by atoms with E-state index < -0.39 is 0 Å². The van der Waals surface area contributed by atoms with Crippen molar-refractivity contribution in [2.75, 3.05) is 29.1 Å². The van der Waals surface area contributed by atoms with Crippen molar-refractivity contribution in [3.8, 4) is 5.69 Å². The summed E-state index contributed by atoms with van der Waals surface area (Å²) in [6.45, 7) is 2.45. The summed E-state index contributed by atoms with van der Waals surface area (Å²) in [4.78, 5) is 27.0. The van der Waals surface area contributed by atoms with Crippen LogP contribution in [-0.2, 0) is 19.9 Å². The predicted octanol–water partition coefficient (Wildman–Crippen LogP) is 2.79. The van der Waals surface area contributed by atoms with Crippen molar-refractivity contribution >= 4 is 23.5 Å². The summed E-state index contributed by atoms with van der Waals surface area (Å²) in [6, 6.07) is 18.0. The van der Waals surface area contributed by atoms with E-state index >= 15 is 0 Å². The van der Waals surface area contributed by atoms with Crippen molar-refractivity contribution in [2.24, 2.45) is 7.05 Å². The van der Waals surface area contributed by atoms with Crippen molar-refractivity contribution in [1.82, 2.24) is 24.3 Å². The molecule has 0 fully saturated rings. The molecule has 10 heteroatoms. The Morgan fingerprint density at radius 1 is 0.944 bits per heavy atom. The van der Waals surface area contributed by atoms with E-state index in [1.165, 1.54) is 11.1 Å². The first-order valence-corrected chi connectivity index (χ1v) is 12.1. The smallest absolute Gasteiger partial charge is 0.295 e. The standard InChI is InChI=1S/C26H30N8O2/c1-17-22(23(36)34(33(17)2)21-11-4-3-5-12-21)29-26-31-24(27-13-8-14-35)30-25(32-26)28-20-15-18-9-6-7-10-19(18)16-20/h3-7,9-12,20,35H,8,13-16H2,1-2H3,(H3,27,28,29,30,31,32). The summed E-state index contributed by atoms with van der Waals surface area (Å²) in [6.07, 6.45) is 2.34. The summed E-state index contributed by atoms with van der Waals surface area (Å²) >= 11 is 0. The molecule has 36 heavy (non-hydrogen) atoms. The summed E-state index contributed by atoms with van der Waals surface area (Å²) in [5.41, 5.74) is 4.37. The van der Waals surface area contributed by atoms with Crippen LogP contribution in [0, 0.1) is 6.92 Å². The number of fused-ring (bicyclic) bond motifs is 1. The maximum atomic E-state index is 13.4. The van der Waals surface area contributed by atoms with Crippen molar-refractivity contribution in [1.29, 1.82) is 0 Å². The van der Waals surface area contributed by atoms with Crippen molar-refractivity contribution in [3.05, 3.63) is 81.8 Å². The summed E-state index contributed by atoms with van der Waals surface area (Å²) in [5.74, 6) is 1.06. The van der Waals surface area contributed by atoms with Gasteiger partial charge in [-0.05, 0) is 49.4 Å². The van der Waals surface area contributed by atoms with Crippen molar-refractivity contribution in [2.45, 2.75) is 32.2 Å². The maximum Gasteiger partial charge on any atom is 0.295 e. The molecule has 2 aromatic heterocycles. The minimum atomic E-state index is -0.197. The van der Waals surface area contributed by atoms with Crippen LogP contribution in [0.5, 0.6) is 0 Å². The highest BCUT2D eigenvalue weighted by Crippen LogP contribution is 2.25. The second kappa shape index (κ2) is 10.2. The molecule has 5 rings (SSSR count). The van der Waals surface area contributed by atoms with Crippen LogP contribution in [-0.4, -0.2) is 48.6 Å². The minimum absolute atomic E-state index is 0.0663. The van der Waals surface area contributed by atoms with E-state index in [1.807, 2.05) is 44.3 Å². The number of para-hydroxylation sites is 1. The number of aliphatic hydroxyl groups is 1. The van der Waals surface area contributed by atoms with Crippen molar-refractivity contribution in [3.63, 3.8) is 0 Å². The number of aromatic nitrogens is 5. The van der Waals surface area contributed by atoms with Gasteiger partial charge in [0.25, 0.3) is 5.56 Å². The fourth-order valence-electron chi connectivity index (χ4n) is 4.52. The zero-order valence-corrected chi connectivity index (χ0v) is 20.4. The Labute approximate surface area is 209 Å². The lowest BCUT2D eigenvalue weighted by atomic mass is 10.1. The van der Waals surface area contributed by atoms with Gasteiger partial charge in [-0.2, -0.15) is 15.0 Å². The Hall–Kier alpha value is -4.18. The molecule has 10 nitrogen and oxygen atoms in total. The average molecular weight is 487 g/mol. The molecule has 1 aliphatic carbocycles. The maximum absolute atomic E-state index is 13.4. The summed E-state index contributed by atoms with van der Waals surface area (Å²) < 4.78 is 3.41. The van der Waals surface area contributed by atoms with Gasteiger partial charge in [0.15, 0.2) is 0 Å². The number of nitrogens with one attached hydrogen (secondary N) is 3. The zero-order chi connectivity index (χ0) is 25.1. The molecule has 186 valence electrons. The van der Waals surface area contributed by atoms with E-state index in [1.54, 1.807) is 9.36 Å². The fraction of sp³-hybridized carbons (Fsp3) is 0.308. The molecule has 0 saturated carbocycles. The van der Waals surface area contributed by atoms with Gasteiger partial charge in [-0.15, -0.1) is 0 Å². The van der Waals surface area contributed by atoms with Crippen LogP contribution in [0.25, 0.3) is 5.69 Å². The van der Waals surface area contributed by atoms with Gasteiger partial charge in [0.1, 0.15) is 5.69 Å².